The Kier molecular flexibility index (Phi) is 4.26. The largest absolute Gasteiger partial charge is 0.415 e. The average Bonchev–Trinajstić information content (AvgIpc) is 1.98. The minimum absolute atomic E-state index is 0.186. The Labute approximate surface area is 76.5 Å². The minimum Gasteiger partial charge on any atom is -0.272 e. The zero-order valence-corrected chi connectivity index (χ0v) is 8.80. The summed E-state index contributed by atoms with van der Waals surface area (Å²) in [6, 6.07) is 0. The summed E-state index contributed by atoms with van der Waals surface area (Å²) in [6.07, 6.45) is 0. The fourth-order valence-electron chi connectivity index (χ4n) is 0.497. The monoisotopic (exact) mass is 233 g/mol. The topological polar surface area (TPSA) is 101 Å². The van der Waals surface area contributed by atoms with E-state index in [2.05, 4.69) is 4.28 Å². The van der Waals surface area contributed by atoms with Crippen LogP contribution in [0.1, 0.15) is 13.8 Å². The molecule has 0 aromatic carbocycles. The van der Waals surface area contributed by atoms with Crippen LogP contribution in [0.2, 0.25) is 0 Å². The molecule has 13 heavy (non-hydrogen) atoms. The van der Waals surface area contributed by atoms with Crippen molar-refractivity contribution >= 4 is 18.3 Å². The second-order valence-electron chi connectivity index (χ2n) is 2.02. The predicted molar refractivity (Wildman–Crippen MR) is 44.5 cm³/mol. The molecule has 9 heteroatoms. The standard InChI is InChI=1S/C4H11NO6S2/c1-3-5(4-2)11-13(9,10)12(6,7)8/h3-4H2,1-2H3,(H,6,7,8). The van der Waals surface area contributed by atoms with E-state index in [1.807, 2.05) is 0 Å². The molecule has 0 aliphatic carbocycles. The molecule has 0 bridgehead atoms. The number of hydrogen-bond donors (Lipinski definition) is 1. The first-order chi connectivity index (χ1) is 5.74. The zero-order chi connectivity index (χ0) is 10.7. The Bertz CT molecular complexity index is 339. The summed E-state index contributed by atoms with van der Waals surface area (Å²) >= 11 is 0. The molecule has 1 N–H and O–H groups in total. The third-order valence-corrected chi connectivity index (χ3v) is 3.80. The van der Waals surface area contributed by atoms with Gasteiger partial charge in [0.05, 0.1) is 0 Å². The summed E-state index contributed by atoms with van der Waals surface area (Å²) in [5.41, 5.74) is 0. The average molecular weight is 233 g/mol. The van der Waals surface area contributed by atoms with Crippen LogP contribution in [0.25, 0.3) is 0 Å². The second kappa shape index (κ2) is 4.33. The van der Waals surface area contributed by atoms with Crippen LogP contribution in [0.5, 0.6) is 0 Å². The van der Waals surface area contributed by atoms with Crippen LogP contribution in [0.4, 0.5) is 0 Å². The van der Waals surface area contributed by atoms with Gasteiger partial charge in [-0.15, -0.1) is 0 Å². The number of rotatable bonds is 5. The summed E-state index contributed by atoms with van der Waals surface area (Å²) in [4.78, 5) is 0. The van der Waals surface area contributed by atoms with Gasteiger partial charge < -0.3 is 0 Å². The van der Waals surface area contributed by atoms with Gasteiger partial charge in [0.1, 0.15) is 0 Å². The molecule has 0 fully saturated rings. The number of hydroxylamine groups is 2. The Morgan fingerprint density at radius 2 is 1.54 bits per heavy atom. The predicted octanol–water partition coefficient (Wildman–Crippen LogP) is -0.608. The zero-order valence-electron chi connectivity index (χ0n) is 7.17. The smallest absolute Gasteiger partial charge is 0.272 e. The summed E-state index contributed by atoms with van der Waals surface area (Å²) < 4.78 is 54.1. The van der Waals surface area contributed by atoms with E-state index in [4.69, 9.17) is 4.55 Å². The molecule has 0 aliphatic heterocycles. The highest BCUT2D eigenvalue weighted by Gasteiger charge is 2.30. The molecule has 80 valence electrons. The van der Waals surface area contributed by atoms with Crippen LogP contribution < -0.4 is 0 Å². The van der Waals surface area contributed by atoms with Crippen molar-refractivity contribution in [1.29, 1.82) is 0 Å². The maximum Gasteiger partial charge on any atom is 0.415 e. The lowest BCUT2D eigenvalue weighted by molar-refractivity contribution is -0.0385. The van der Waals surface area contributed by atoms with Crippen LogP contribution in [0, 0.1) is 0 Å². The van der Waals surface area contributed by atoms with E-state index in [0.717, 1.165) is 5.06 Å². The third kappa shape index (κ3) is 3.56. The van der Waals surface area contributed by atoms with Crippen molar-refractivity contribution in [3.63, 3.8) is 0 Å². The molecule has 0 rings (SSSR count). The Hall–Kier alpha value is -0.220. The van der Waals surface area contributed by atoms with Crippen molar-refractivity contribution in [3.05, 3.63) is 0 Å². The van der Waals surface area contributed by atoms with E-state index in [9.17, 15) is 16.8 Å². The van der Waals surface area contributed by atoms with Crippen LogP contribution in [0.15, 0.2) is 0 Å². The molecule has 0 atom stereocenters. The van der Waals surface area contributed by atoms with Crippen molar-refractivity contribution in [3.8, 4) is 0 Å². The SMILES string of the molecule is CCN(CC)OS(=O)(=O)S(=O)(=O)O. The fourth-order valence-corrected chi connectivity index (χ4v) is 1.53. The van der Waals surface area contributed by atoms with E-state index >= 15 is 0 Å². The highest BCUT2D eigenvalue weighted by Crippen LogP contribution is 2.05. The normalized spacial score (nSPS) is 13.5. The van der Waals surface area contributed by atoms with E-state index in [0.29, 0.717) is 0 Å². The van der Waals surface area contributed by atoms with Crippen LogP contribution in [-0.4, -0.2) is 39.5 Å². The first-order valence-electron chi connectivity index (χ1n) is 3.41. The quantitative estimate of drug-likeness (QED) is 0.384. The number of hydrogen-bond acceptors (Lipinski definition) is 6. The highest BCUT2D eigenvalue weighted by atomic mass is 33.2. The van der Waals surface area contributed by atoms with Crippen LogP contribution >= 0.6 is 0 Å². The minimum atomic E-state index is -5.21. The lowest BCUT2D eigenvalue weighted by Crippen LogP contribution is -2.30. The first-order valence-corrected chi connectivity index (χ1v) is 6.78. The van der Waals surface area contributed by atoms with Gasteiger partial charge in [-0.25, -0.2) is 0 Å². The Morgan fingerprint density at radius 1 is 1.15 bits per heavy atom. The van der Waals surface area contributed by atoms with Gasteiger partial charge in [0.25, 0.3) is 0 Å². The lowest BCUT2D eigenvalue weighted by atomic mass is 10.6. The second-order valence-corrected chi connectivity index (χ2v) is 6.33. The molecule has 0 saturated heterocycles. The van der Waals surface area contributed by atoms with Crippen molar-refractivity contribution in [2.45, 2.75) is 13.8 Å². The third-order valence-electron chi connectivity index (χ3n) is 1.16. The molecule has 7 nitrogen and oxygen atoms in total. The summed E-state index contributed by atoms with van der Waals surface area (Å²) in [5.74, 6) is 0. The molecule has 0 heterocycles. The Morgan fingerprint density at radius 3 is 1.77 bits per heavy atom. The molecular weight excluding hydrogens is 222 g/mol. The molecule has 0 spiro atoms. The van der Waals surface area contributed by atoms with Gasteiger partial charge in [-0.1, -0.05) is 13.8 Å². The first kappa shape index (κ1) is 12.8. The van der Waals surface area contributed by atoms with Gasteiger partial charge in [0, 0.05) is 13.1 Å². The molecule has 0 saturated carbocycles. The van der Waals surface area contributed by atoms with Crippen LogP contribution in [0.3, 0.4) is 0 Å². The summed E-state index contributed by atoms with van der Waals surface area (Å²) in [7, 11) is -10.2. The van der Waals surface area contributed by atoms with Crippen LogP contribution in [-0.2, 0) is 22.6 Å². The maximum atomic E-state index is 10.7. The lowest BCUT2D eigenvalue weighted by Gasteiger charge is -2.14. The Balaban J connectivity index is 4.73. The molecule has 0 aromatic rings. The fraction of sp³-hybridized carbons (Fsp3) is 1.00. The molecule has 0 aromatic heterocycles. The highest BCUT2D eigenvalue weighted by molar-refractivity contribution is 8.63. The number of nitrogens with zero attached hydrogens (tertiary/aromatic N) is 1. The van der Waals surface area contributed by atoms with E-state index < -0.39 is 18.3 Å². The van der Waals surface area contributed by atoms with E-state index in [-0.39, 0.29) is 13.1 Å². The van der Waals surface area contributed by atoms with Gasteiger partial charge in [0.2, 0.25) is 0 Å². The summed E-state index contributed by atoms with van der Waals surface area (Å²) in [5, 5.41) is 0.878. The van der Waals surface area contributed by atoms with E-state index in [1.165, 1.54) is 0 Å². The van der Waals surface area contributed by atoms with Crippen molar-refractivity contribution in [2.24, 2.45) is 0 Å². The molecule has 0 unspecified atom stereocenters. The van der Waals surface area contributed by atoms with Gasteiger partial charge in [0.15, 0.2) is 0 Å². The van der Waals surface area contributed by atoms with E-state index in [1.54, 1.807) is 13.8 Å². The maximum absolute atomic E-state index is 10.7. The molecule has 0 aliphatic rings. The summed E-state index contributed by atoms with van der Waals surface area (Å²) in [6.45, 7) is 3.52. The van der Waals surface area contributed by atoms with Crippen molar-refractivity contribution in [2.75, 3.05) is 13.1 Å². The molecular formula is C4H11NO6S2. The van der Waals surface area contributed by atoms with Crippen molar-refractivity contribution in [1.82, 2.24) is 5.06 Å². The van der Waals surface area contributed by atoms with Crippen molar-refractivity contribution < 1.29 is 25.7 Å². The molecule has 0 radical (unpaired) electrons. The van der Waals surface area contributed by atoms with Gasteiger partial charge >= 0.3 is 18.3 Å². The van der Waals surface area contributed by atoms with Gasteiger partial charge in [-0.3, -0.25) is 4.55 Å². The van der Waals surface area contributed by atoms with Gasteiger partial charge in [-0.05, 0) is 0 Å². The molecule has 0 amide bonds. The van der Waals surface area contributed by atoms with Gasteiger partial charge in [-0.2, -0.15) is 26.2 Å².